The fourth-order valence-electron chi connectivity index (χ4n) is 2.17. The summed E-state index contributed by atoms with van der Waals surface area (Å²) in [6.07, 6.45) is 0. The van der Waals surface area contributed by atoms with Gasteiger partial charge in [0.05, 0.1) is 0 Å². The van der Waals surface area contributed by atoms with Crippen LogP contribution in [0.15, 0.2) is 24.3 Å². The van der Waals surface area contributed by atoms with Gasteiger partial charge in [-0.05, 0) is 25.1 Å². The molecule has 1 heterocycles. The van der Waals surface area contributed by atoms with E-state index in [0.717, 1.165) is 13.1 Å². The van der Waals surface area contributed by atoms with E-state index in [1.54, 1.807) is 30.1 Å². The fourth-order valence-corrected chi connectivity index (χ4v) is 2.17. The van der Waals surface area contributed by atoms with Crippen LogP contribution in [-0.4, -0.2) is 30.9 Å². The van der Waals surface area contributed by atoms with Crippen molar-refractivity contribution in [3.63, 3.8) is 0 Å². The van der Waals surface area contributed by atoms with Crippen molar-refractivity contribution < 1.29 is 9.18 Å². The molecule has 0 aliphatic carbocycles. The first-order valence-corrected chi connectivity index (χ1v) is 6.28. The molecule has 19 heavy (non-hydrogen) atoms. The summed E-state index contributed by atoms with van der Waals surface area (Å²) in [4.78, 5) is 13.8. The second-order valence-electron chi connectivity index (χ2n) is 4.99. The molecule has 0 bridgehead atoms. The summed E-state index contributed by atoms with van der Waals surface area (Å²) in [6, 6.07) is 6.58. The first kappa shape index (κ1) is 15.9. The predicted molar refractivity (Wildman–Crippen MR) is 75.6 cm³/mol. The third-order valence-corrected chi connectivity index (χ3v) is 3.65. The van der Waals surface area contributed by atoms with Gasteiger partial charge in [-0.15, -0.1) is 12.4 Å². The molecule has 0 spiro atoms. The lowest BCUT2D eigenvalue weighted by atomic mass is 9.88. The third kappa shape index (κ3) is 3.67. The normalized spacial score (nSPS) is 16.2. The van der Waals surface area contributed by atoms with Gasteiger partial charge >= 0.3 is 0 Å². The van der Waals surface area contributed by atoms with Crippen molar-refractivity contribution in [3.05, 3.63) is 35.6 Å². The third-order valence-electron chi connectivity index (χ3n) is 3.65. The van der Waals surface area contributed by atoms with Crippen LogP contribution >= 0.6 is 12.4 Å². The number of hydrogen-bond donors (Lipinski definition) is 1. The molecular formula is C14H20ClFN2O. The Bertz CT molecular complexity index is 437. The van der Waals surface area contributed by atoms with E-state index in [9.17, 15) is 9.18 Å². The van der Waals surface area contributed by atoms with E-state index in [1.165, 1.54) is 6.07 Å². The Morgan fingerprint density at radius 1 is 1.47 bits per heavy atom. The Hall–Kier alpha value is -1.13. The second-order valence-corrected chi connectivity index (χ2v) is 4.99. The highest BCUT2D eigenvalue weighted by molar-refractivity contribution is 5.85. The van der Waals surface area contributed by atoms with Gasteiger partial charge in [0, 0.05) is 25.1 Å². The number of carbonyl (C=O) groups excluding carboxylic acids is 1. The van der Waals surface area contributed by atoms with Gasteiger partial charge < -0.3 is 10.2 Å². The van der Waals surface area contributed by atoms with E-state index in [1.807, 2.05) is 6.92 Å². The molecule has 1 aliphatic heterocycles. The molecule has 1 N–H and O–H groups in total. The second kappa shape index (κ2) is 6.87. The zero-order valence-corrected chi connectivity index (χ0v) is 12.0. The lowest BCUT2D eigenvalue weighted by molar-refractivity contribution is -0.136. The van der Waals surface area contributed by atoms with Crippen molar-refractivity contribution in [1.29, 1.82) is 0 Å². The molecule has 1 amide bonds. The van der Waals surface area contributed by atoms with Crippen LogP contribution in [0.3, 0.4) is 0 Å². The number of hydrogen-bond acceptors (Lipinski definition) is 2. The summed E-state index contributed by atoms with van der Waals surface area (Å²) in [5.41, 5.74) is 0.562. The highest BCUT2D eigenvalue weighted by Crippen LogP contribution is 2.19. The molecule has 1 fully saturated rings. The molecule has 0 radical (unpaired) electrons. The standard InChI is InChI=1S/C14H19FN2O.ClH/c1-10(12-7-16-8-12)14(18)17(2)9-11-5-3-4-6-13(11)15;/h3-6,10,12,16H,7-9H2,1-2H3;1H. The number of benzene rings is 1. The number of amides is 1. The quantitative estimate of drug-likeness (QED) is 0.919. The molecule has 1 aromatic carbocycles. The van der Waals surface area contributed by atoms with Gasteiger partial charge in [0.1, 0.15) is 5.82 Å². The van der Waals surface area contributed by atoms with E-state index in [-0.39, 0.29) is 30.0 Å². The Labute approximate surface area is 119 Å². The zero-order chi connectivity index (χ0) is 13.1. The highest BCUT2D eigenvalue weighted by Gasteiger charge is 2.30. The van der Waals surface area contributed by atoms with Gasteiger partial charge in [0.2, 0.25) is 5.91 Å². The molecule has 0 saturated carbocycles. The molecule has 1 aromatic rings. The van der Waals surface area contributed by atoms with Crippen LogP contribution in [0.4, 0.5) is 4.39 Å². The Balaban J connectivity index is 0.00000180. The van der Waals surface area contributed by atoms with Crippen LogP contribution in [0.1, 0.15) is 12.5 Å². The minimum absolute atomic E-state index is 0. The average molecular weight is 287 g/mol. The first-order chi connectivity index (χ1) is 8.59. The molecule has 5 heteroatoms. The van der Waals surface area contributed by atoms with Gasteiger partial charge in [0.25, 0.3) is 0 Å². The zero-order valence-electron chi connectivity index (χ0n) is 11.2. The summed E-state index contributed by atoms with van der Waals surface area (Å²) in [7, 11) is 1.73. The Morgan fingerprint density at radius 3 is 2.63 bits per heavy atom. The number of nitrogens with one attached hydrogen (secondary N) is 1. The number of halogens is 2. The van der Waals surface area contributed by atoms with Gasteiger partial charge in [-0.1, -0.05) is 25.1 Å². The van der Waals surface area contributed by atoms with Crippen molar-refractivity contribution in [2.45, 2.75) is 13.5 Å². The molecule has 1 saturated heterocycles. The van der Waals surface area contributed by atoms with E-state index in [4.69, 9.17) is 0 Å². The summed E-state index contributed by atoms with van der Waals surface area (Å²) in [5.74, 6) is 0.253. The lowest BCUT2D eigenvalue weighted by Crippen LogP contribution is -2.49. The van der Waals surface area contributed by atoms with Gasteiger partial charge in [-0.25, -0.2) is 4.39 Å². The van der Waals surface area contributed by atoms with E-state index < -0.39 is 0 Å². The van der Waals surface area contributed by atoms with Crippen molar-refractivity contribution in [2.75, 3.05) is 20.1 Å². The van der Waals surface area contributed by atoms with Crippen LogP contribution in [0.25, 0.3) is 0 Å². The van der Waals surface area contributed by atoms with E-state index in [0.29, 0.717) is 18.0 Å². The van der Waals surface area contributed by atoms with Gasteiger partial charge in [-0.3, -0.25) is 4.79 Å². The number of carbonyl (C=O) groups is 1. The van der Waals surface area contributed by atoms with Gasteiger partial charge in [0.15, 0.2) is 0 Å². The molecule has 1 aliphatic rings. The number of rotatable bonds is 4. The summed E-state index contributed by atoms with van der Waals surface area (Å²) >= 11 is 0. The minimum Gasteiger partial charge on any atom is -0.341 e. The Kier molecular flexibility index (Phi) is 5.76. The van der Waals surface area contributed by atoms with Crippen LogP contribution in [-0.2, 0) is 11.3 Å². The maximum absolute atomic E-state index is 13.5. The summed E-state index contributed by atoms with van der Waals surface area (Å²) in [5, 5.41) is 3.16. The van der Waals surface area contributed by atoms with Crippen molar-refractivity contribution in [2.24, 2.45) is 11.8 Å². The fraction of sp³-hybridized carbons (Fsp3) is 0.500. The molecule has 1 unspecified atom stereocenters. The topological polar surface area (TPSA) is 32.3 Å². The molecule has 0 aromatic heterocycles. The molecule has 106 valence electrons. The molecule has 1 atom stereocenters. The van der Waals surface area contributed by atoms with Crippen molar-refractivity contribution >= 4 is 18.3 Å². The van der Waals surface area contributed by atoms with Crippen molar-refractivity contribution in [1.82, 2.24) is 10.2 Å². The highest BCUT2D eigenvalue weighted by atomic mass is 35.5. The van der Waals surface area contributed by atoms with Crippen LogP contribution < -0.4 is 5.32 Å². The molecule has 2 rings (SSSR count). The molecule has 3 nitrogen and oxygen atoms in total. The monoisotopic (exact) mass is 286 g/mol. The van der Waals surface area contributed by atoms with E-state index in [2.05, 4.69) is 5.32 Å². The predicted octanol–water partition coefficient (Wildman–Crippen LogP) is 2.06. The maximum Gasteiger partial charge on any atom is 0.225 e. The van der Waals surface area contributed by atoms with E-state index >= 15 is 0 Å². The van der Waals surface area contributed by atoms with Crippen LogP contribution in [0.5, 0.6) is 0 Å². The molecular weight excluding hydrogens is 267 g/mol. The number of nitrogens with zero attached hydrogens (tertiary/aromatic N) is 1. The summed E-state index contributed by atoms with van der Waals surface area (Å²) < 4.78 is 13.5. The SMILES string of the molecule is CC(C(=O)N(C)Cc1ccccc1F)C1CNC1.Cl. The first-order valence-electron chi connectivity index (χ1n) is 6.28. The largest absolute Gasteiger partial charge is 0.341 e. The van der Waals surface area contributed by atoms with Gasteiger partial charge in [-0.2, -0.15) is 0 Å². The lowest BCUT2D eigenvalue weighted by Gasteiger charge is -2.34. The average Bonchev–Trinajstić information content (AvgIpc) is 2.28. The minimum atomic E-state index is -0.255. The van der Waals surface area contributed by atoms with Crippen LogP contribution in [0.2, 0.25) is 0 Å². The maximum atomic E-state index is 13.5. The van der Waals surface area contributed by atoms with Crippen LogP contribution in [0, 0.1) is 17.7 Å². The smallest absolute Gasteiger partial charge is 0.225 e. The summed E-state index contributed by atoms with van der Waals surface area (Å²) in [6.45, 7) is 4.09. The Morgan fingerprint density at radius 2 is 2.11 bits per heavy atom. The van der Waals surface area contributed by atoms with Crippen molar-refractivity contribution in [3.8, 4) is 0 Å².